The van der Waals surface area contributed by atoms with Crippen molar-refractivity contribution in [3.05, 3.63) is 12.4 Å². The van der Waals surface area contributed by atoms with E-state index < -0.39 is 0 Å². The Kier molecular flexibility index (Phi) is 2.49. The monoisotopic (exact) mass is 195 g/mol. The Hall–Kier alpha value is -1.36. The van der Waals surface area contributed by atoms with Crippen molar-refractivity contribution in [2.24, 2.45) is 0 Å². The molecule has 0 radical (unpaired) electrons. The number of hydrogen-bond donors (Lipinski definition) is 1. The second-order valence-electron chi connectivity index (χ2n) is 3.31. The summed E-state index contributed by atoms with van der Waals surface area (Å²) in [5.74, 6) is 1.30. The molecule has 0 spiro atoms. The van der Waals surface area contributed by atoms with Crippen LogP contribution in [0.3, 0.4) is 0 Å². The fourth-order valence-electron chi connectivity index (χ4n) is 1.50. The third-order valence-electron chi connectivity index (χ3n) is 2.30. The summed E-state index contributed by atoms with van der Waals surface area (Å²) < 4.78 is 4.96. The Balaban J connectivity index is 2.09. The van der Waals surface area contributed by atoms with Crippen molar-refractivity contribution in [1.29, 1.82) is 0 Å². The highest BCUT2D eigenvalue weighted by molar-refractivity contribution is 5.33. The predicted molar refractivity (Wildman–Crippen MR) is 51.4 cm³/mol. The van der Waals surface area contributed by atoms with Gasteiger partial charge < -0.3 is 14.7 Å². The maximum Gasteiger partial charge on any atom is 0.225 e. The summed E-state index contributed by atoms with van der Waals surface area (Å²) in [4.78, 5) is 10.3. The minimum Gasteiger partial charge on any atom is -0.494 e. The minimum atomic E-state index is -0.249. The third-order valence-corrected chi connectivity index (χ3v) is 2.30. The van der Waals surface area contributed by atoms with Gasteiger partial charge >= 0.3 is 0 Å². The van der Waals surface area contributed by atoms with Crippen molar-refractivity contribution in [3.8, 4) is 5.75 Å². The van der Waals surface area contributed by atoms with Crippen LogP contribution in [0, 0.1) is 0 Å². The van der Waals surface area contributed by atoms with Gasteiger partial charge in [0.05, 0.1) is 25.6 Å². The lowest BCUT2D eigenvalue weighted by Crippen LogP contribution is -2.23. The number of methoxy groups -OCH3 is 1. The first-order valence-corrected chi connectivity index (χ1v) is 4.58. The van der Waals surface area contributed by atoms with E-state index in [1.54, 1.807) is 19.5 Å². The van der Waals surface area contributed by atoms with Gasteiger partial charge in [0.15, 0.2) is 5.75 Å². The fraction of sp³-hybridized carbons (Fsp3) is 0.556. The van der Waals surface area contributed by atoms with E-state index in [4.69, 9.17) is 4.74 Å². The zero-order valence-electron chi connectivity index (χ0n) is 8.05. The van der Waals surface area contributed by atoms with Gasteiger partial charge in [0.25, 0.3) is 0 Å². The normalized spacial score (nSPS) is 21.3. The number of ether oxygens (including phenoxy) is 1. The summed E-state index contributed by atoms with van der Waals surface area (Å²) in [7, 11) is 1.58. The Labute approximate surface area is 82.4 Å². The average molecular weight is 195 g/mol. The van der Waals surface area contributed by atoms with Gasteiger partial charge in [-0.05, 0) is 6.42 Å². The molecule has 1 N–H and O–H groups in total. The molecule has 1 atom stereocenters. The van der Waals surface area contributed by atoms with Crippen molar-refractivity contribution in [1.82, 2.24) is 9.97 Å². The van der Waals surface area contributed by atoms with Crippen molar-refractivity contribution < 1.29 is 9.84 Å². The Morgan fingerprint density at radius 3 is 2.71 bits per heavy atom. The van der Waals surface area contributed by atoms with E-state index >= 15 is 0 Å². The number of aliphatic hydroxyl groups is 1. The molecule has 14 heavy (non-hydrogen) atoms. The van der Waals surface area contributed by atoms with Crippen molar-refractivity contribution in [2.45, 2.75) is 12.5 Å². The molecule has 5 heteroatoms. The maximum absolute atomic E-state index is 9.34. The lowest BCUT2D eigenvalue weighted by atomic mass is 10.3. The second-order valence-corrected chi connectivity index (χ2v) is 3.31. The van der Waals surface area contributed by atoms with Gasteiger partial charge in [-0.2, -0.15) is 0 Å². The van der Waals surface area contributed by atoms with E-state index in [2.05, 4.69) is 9.97 Å². The van der Waals surface area contributed by atoms with Crippen molar-refractivity contribution in [3.63, 3.8) is 0 Å². The Morgan fingerprint density at radius 2 is 2.21 bits per heavy atom. The maximum atomic E-state index is 9.34. The lowest BCUT2D eigenvalue weighted by molar-refractivity contribution is 0.198. The SMILES string of the molecule is COc1cnc(N2CCC(O)C2)nc1. The highest BCUT2D eigenvalue weighted by Gasteiger charge is 2.21. The van der Waals surface area contributed by atoms with Gasteiger partial charge in [-0.15, -0.1) is 0 Å². The molecular formula is C9H13N3O2. The molecule has 1 saturated heterocycles. The quantitative estimate of drug-likeness (QED) is 0.723. The van der Waals surface area contributed by atoms with E-state index in [9.17, 15) is 5.11 Å². The zero-order chi connectivity index (χ0) is 9.97. The fourth-order valence-corrected chi connectivity index (χ4v) is 1.50. The Morgan fingerprint density at radius 1 is 1.50 bits per heavy atom. The molecule has 1 aromatic rings. The van der Waals surface area contributed by atoms with E-state index in [0.29, 0.717) is 18.2 Å². The molecule has 1 aliphatic heterocycles. The molecule has 0 aliphatic carbocycles. The number of hydrogen-bond acceptors (Lipinski definition) is 5. The van der Waals surface area contributed by atoms with Gasteiger partial charge in [0.2, 0.25) is 5.95 Å². The van der Waals surface area contributed by atoms with Gasteiger partial charge in [-0.1, -0.05) is 0 Å². The zero-order valence-corrected chi connectivity index (χ0v) is 8.05. The van der Waals surface area contributed by atoms with Crippen LogP contribution < -0.4 is 9.64 Å². The summed E-state index contributed by atoms with van der Waals surface area (Å²) in [6, 6.07) is 0. The van der Waals surface area contributed by atoms with Crippen LogP contribution >= 0.6 is 0 Å². The largest absolute Gasteiger partial charge is 0.494 e. The summed E-state index contributed by atoms with van der Waals surface area (Å²) in [5.41, 5.74) is 0. The van der Waals surface area contributed by atoms with Crippen LogP contribution in [0.1, 0.15) is 6.42 Å². The predicted octanol–water partition coefficient (Wildman–Crippen LogP) is 0.0562. The summed E-state index contributed by atoms with van der Waals surface area (Å²) in [6.45, 7) is 1.43. The standard InChI is InChI=1S/C9H13N3O2/c1-14-8-4-10-9(11-5-8)12-3-2-7(13)6-12/h4-5,7,13H,2-3,6H2,1H3. The van der Waals surface area contributed by atoms with Gasteiger partial charge in [-0.25, -0.2) is 9.97 Å². The molecule has 1 fully saturated rings. The first-order chi connectivity index (χ1) is 6.79. The average Bonchev–Trinajstić information content (AvgIpc) is 2.65. The molecular weight excluding hydrogens is 182 g/mol. The van der Waals surface area contributed by atoms with Crippen LogP contribution in [-0.4, -0.2) is 41.4 Å². The van der Waals surface area contributed by atoms with Crippen LogP contribution in [0.2, 0.25) is 0 Å². The Bertz CT molecular complexity index is 301. The lowest BCUT2D eigenvalue weighted by Gasteiger charge is -2.14. The molecule has 0 amide bonds. The topological polar surface area (TPSA) is 58.5 Å². The number of rotatable bonds is 2. The molecule has 0 bridgehead atoms. The van der Waals surface area contributed by atoms with Crippen LogP contribution in [0.15, 0.2) is 12.4 Å². The third kappa shape index (κ3) is 1.77. The molecule has 1 aromatic heterocycles. The van der Waals surface area contributed by atoms with Crippen molar-refractivity contribution >= 4 is 5.95 Å². The first kappa shape index (κ1) is 9.21. The van der Waals surface area contributed by atoms with Crippen LogP contribution in [0.4, 0.5) is 5.95 Å². The van der Waals surface area contributed by atoms with E-state index in [1.165, 1.54) is 0 Å². The van der Waals surface area contributed by atoms with Crippen molar-refractivity contribution in [2.75, 3.05) is 25.1 Å². The second kappa shape index (κ2) is 3.79. The molecule has 2 rings (SSSR count). The number of aliphatic hydroxyl groups excluding tert-OH is 1. The highest BCUT2D eigenvalue weighted by Crippen LogP contribution is 2.16. The molecule has 1 unspecified atom stereocenters. The molecule has 0 aromatic carbocycles. The van der Waals surface area contributed by atoms with Crippen LogP contribution in [-0.2, 0) is 0 Å². The van der Waals surface area contributed by atoms with Crippen LogP contribution in [0.5, 0.6) is 5.75 Å². The van der Waals surface area contributed by atoms with E-state index in [1.807, 2.05) is 4.90 Å². The van der Waals surface area contributed by atoms with Crippen LogP contribution in [0.25, 0.3) is 0 Å². The highest BCUT2D eigenvalue weighted by atomic mass is 16.5. The molecule has 2 heterocycles. The number of aromatic nitrogens is 2. The van der Waals surface area contributed by atoms with Gasteiger partial charge in [0.1, 0.15) is 0 Å². The summed E-state index contributed by atoms with van der Waals surface area (Å²) >= 11 is 0. The summed E-state index contributed by atoms with van der Waals surface area (Å²) in [5, 5.41) is 9.34. The van der Waals surface area contributed by atoms with Gasteiger partial charge in [-0.3, -0.25) is 0 Å². The molecule has 0 saturated carbocycles. The number of β-amino-alcohol motifs (C(OH)–C–C–N with tert-alkyl or cyclic N) is 1. The minimum absolute atomic E-state index is 0.249. The molecule has 5 nitrogen and oxygen atoms in total. The molecule has 76 valence electrons. The van der Waals surface area contributed by atoms with E-state index in [-0.39, 0.29) is 6.10 Å². The van der Waals surface area contributed by atoms with E-state index in [0.717, 1.165) is 13.0 Å². The number of nitrogens with zero attached hydrogens (tertiary/aromatic N) is 3. The van der Waals surface area contributed by atoms with Gasteiger partial charge in [0, 0.05) is 13.1 Å². The summed E-state index contributed by atoms with van der Waals surface area (Å²) in [6.07, 6.45) is 3.80. The molecule has 1 aliphatic rings. The number of anilines is 1. The smallest absolute Gasteiger partial charge is 0.225 e. The first-order valence-electron chi connectivity index (χ1n) is 4.58.